The van der Waals surface area contributed by atoms with Crippen molar-refractivity contribution in [2.75, 3.05) is 6.79 Å². The summed E-state index contributed by atoms with van der Waals surface area (Å²) in [5.41, 5.74) is -0.745. The number of allylic oxidation sites excluding steroid dienone is 1. The molecule has 0 amide bonds. The summed E-state index contributed by atoms with van der Waals surface area (Å²) in [6, 6.07) is 11.7. The molecule has 0 aliphatic carbocycles. The highest BCUT2D eigenvalue weighted by Crippen LogP contribution is 2.34. The third-order valence-corrected chi connectivity index (χ3v) is 3.49. The van der Waals surface area contributed by atoms with Crippen molar-refractivity contribution in [1.82, 2.24) is 0 Å². The lowest BCUT2D eigenvalue weighted by atomic mass is 9.97. The predicted molar refractivity (Wildman–Crippen MR) is 82.4 cm³/mol. The number of rotatable bonds is 4. The van der Waals surface area contributed by atoms with Crippen LogP contribution in [0.3, 0.4) is 0 Å². The highest BCUT2D eigenvalue weighted by atomic mass is 19.4. The summed E-state index contributed by atoms with van der Waals surface area (Å²) in [4.78, 5) is 24.2. The molecule has 0 N–H and O–H groups in total. The molecule has 0 atom stereocenters. The monoisotopic (exact) mass is 348 g/mol. The van der Waals surface area contributed by atoms with Gasteiger partial charge >= 0.3 is 6.18 Å². The maximum Gasteiger partial charge on any atom is 0.455 e. The first kappa shape index (κ1) is 16.8. The van der Waals surface area contributed by atoms with E-state index in [-0.39, 0.29) is 17.9 Å². The zero-order valence-corrected chi connectivity index (χ0v) is 12.7. The van der Waals surface area contributed by atoms with E-state index in [4.69, 9.17) is 9.47 Å². The van der Waals surface area contributed by atoms with E-state index in [2.05, 4.69) is 0 Å². The van der Waals surface area contributed by atoms with Crippen LogP contribution in [-0.4, -0.2) is 24.5 Å². The first-order valence-corrected chi connectivity index (χ1v) is 7.19. The van der Waals surface area contributed by atoms with Crippen molar-refractivity contribution in [3.05, 3.63) is 65.2 Å². The molecule has 25 heavy (non-hydrogen) atoms. The average molecular weight is 348 g/mol. The number of hydrogen-bond donors (Lipinski definition) is 0. The number of hydrogen-bond acceptors (Lipinski definition) is 4. The lowest BCUT2D eigenvalue weighted by molar-refractivity contribution is -0.166. The molecule has 0 spiro atoms. The van der Waals surface area contributed by atoms with Gasteiger partial charge in [-0.1, -0.05) is 36.4 Å². The van der Waals surface area contributed by atoms with Crippen LogP contribution in [-0.2, 0) is 4.79 Å². The van der Waals surface area contributed by atoms with E-state index >= 15 is 0 Å². The Morgan fingerprint density at radius 3 is 2.32 bits per heavy atom. The Kier molecular flexibility index (Phi) is 4.31. The van der Waals surface area contributed by atoms with Crippen LogP contribution in [0.25, 0.3) is 6.08 Å². The molecule has 1 aliphatic rings. The molecular weight excluding hydrogens is 337 g/mol. The van der Waals surface area contributed by atoms with E-state index in [9.17, 15) is 22.8 Å². The Morgan fingerprint density at radius 2 is 1.64 bits per heavy atom. The van der Waals surface area contributed by atoms with Crippen LogP contribution in [0.1, 0.15) is 15.9 Å². The number of carbonyl (C=O) groups excluding carboxylic acids is 2. The van der Waals surface area contributed by atoms with Crippen LogP contribution in [0.2, 0.25) is 0 Å². The van der Waals surface area contributed by atoms with Gasteiger partial charge in [0.25, 0.3) is 5.78 Å². The summed E-state index contributed by atoms with van der Waals surface area (Å²) in [7, 11) is 0. The summed E-state index contributed by atoms with van der Waals surface area (Å²) >= 11 is 0. The lowest BCUT2D eigenvalue weighted by Gasteiger charge is -2.09. The molecule has 1 heterocycles. The maximum absolute atomic E-state index is 12.9. The minimum atomic E-state index is -5.16. The molecule has 1 aliphatic heterocycles. The van der Waals surface area contributed by atoms with Gasteiger partial charge in [-0.15, -0.1) is 0 Å². The molecule has 7 heteroatoms. The Bertz CT molecular complexity index is 854. The van der Waals surface area contributed by atoms with E-state index in [1.165, 1.54) is 42.5 Å². The number of benzene rings is 2. The quantitative estimate of drug-likeness (QED) is 0.365. The molecule has 2 aromatic rings. The highest BCUT2D eigenvalue weighted by molar-refractivity contribution is 6.30. The maximum atomic E-state index is 12.9. The number of alkyl halides is 3. The number of Topliss-reactive ketones (excluding diaryl/α,β-unsaturated/α-hetero) is 2. The van der Waals surface area contributed by atoms with E-state index in [0.29, 0.717) is 11.5 Å². The van der Waals surface area contributed by atoms with Gasteiger partial charge in [-0.2, -0.15) is 13.2 Å². The molecular formula is C18H11F3O4. The van der Waals surface area contributed by atoms with Gasteiger partial charge in [-0.3, -0.25) is 9.59 Å². The molecule has 4 nitrogen and oxygen atoms in total. The van der Waals surface area contributed by atoms with Crippen molar-refractivity contribution in [1.29, 1.82) is 0 Å². The van der Waals surface area contributed by atoms with Crippen LogP contribution in [0, 0.1) is 0 Å². The van der Waals surface area contributed by atoms with Crippen molar-refractivity contribution >= 4 is 17.6 Å². The Labute approximate surface area is 140 Å². The summed E-state index contributed by atoms with van der Waals surface area (Å²) < 4.78 is 49.0. The Balaban J connectivity index is 2.05. The van der Waals surface area contributed by atoms with Crippen LogP contribution in [0.5, 0.6) is 11.5 Å². The van der Waals surface area contributed by atoms with Gasteiger partial charge < -0.3 is 9.47 Å². The van der Waals surface area contributed by atoms with Crippen LogP contribution < -0.4 is 9.47 Å². The topological polar surface area (TPSA) is 52.6 Å². The number of halogens is 3. The van der Waals surface area contributed by atoms with Crippen LogP contribution in [0.15, 0.2) is 54.1 Å². The number of ketones is 2. The standard InChI is InChI=1S/C18H11F3O4/c19-18(20,21)17(23)13(16(22)12-4-2-1-3-5-12)8-11-6-7-14-15(9-11)25-10-24-14/h1-9H,10H2. The van der Waals surface area contributed by atoms with Gasteiger partial charge in [-0.05, 0) is 23.8 Å². The van der Waals surface area contributed by atoms with E-state index in [1.807, 2.05) is 0 Å². The van der Waals surface area contributed by atoms with Gasteiger partial charge in [-0.25, -0.2) is 0 Å². The average Bonchev–Trinajstić information content (AvgIpc) is 3.06. The number of ether oxygens (including phenoxy) is 2. The molecule has 3 rings (SSSR count). The minimum Gasteiger partial charge on any atom is -0.454 e. The second-order valence-corrected chi connectivity index (χ2v) is 5.19. The van der Waals surface area contributed by atoms with Crippen molar-refractivity contribution < 1.29 is 32.2 Å². The Morgan fingerprint density at radius 1 is 0.960 bits per heavy atom. The second kappa shape index (κ2) is 6.43. The van der Waals surface area contributed by atoms with Crippen LogP contribution in [0.4, 0.5) is 13.2 Å². The molecule has 0 fully saturated rings. The molecule has 0 saturated carbocycles. The zero-order chi connectivity index (χ0) is 18.0. The third kappa shape index (κ3) is 3.55. The molecule has 0 radical (unpaired) electrons. The smallest absolute Gasteiger partial charge is 0.454 e. The third-order valence-electron chi connectivity index (χ3n) is 3.49. The summed E-state index contributed by atoms with van der Waals surface area (Å²) in [6.45, 7) is -0.000213. The Hall–Kier alpha value is -3.09. The highest BCUT2D eigenvalue weighted by Gasteiger charge is 2.43. The van der Waals surface area contributed by atoms with Gasteiger partial charge in [0.05, 0.1) is 5.57 Å². The van der Waals surface area contributed by atoms with Gasteiger partial charge in [0.1, 0.15) is 0 Å². The van der Waals surface area contributed by atoms with E-state index < -0.39 is 23.3 Å². The first-order chi connectivity index (χ1) is 11.9. The van der Waals surface area contributed by atoms with E-state index in [0.717, 1.165) is 6.08 Å². The van der Waals surface area contributed by atoms with Crippen molar-refractivity contribution in [2.45, 2.75) is 6.18 Å². The van der Waals surface area contributed by atoms with Gasteiger partial charge in [0, 0.05) is 5.56 Å². The van der Waals surface area contributed by atoms with Crippen molar-refractivity contribution in [3.8, 4) is 11.5 Å². The van der Waals surface area contributed by atoms with E-state index in [1.54, 1.807) is 6.07 Å². The fourth-order valence-electron chi connectivity index (χ4n) is 2.30. The normalized spacial score (nSPS) is 13.6. The second-order valence-electron chi connectivity index (χ2n) is 5.19. The predicted octanol–water partition coefficient (Wildman–Crippen LogP) is 3.81. The molecule has 0 bridgehead atoms. The summed E-state index contributed by atoms with van der Waals surface area (Å²) in [5.74, 6) is -2.42. The lowest BCUT2D eigenvalue weighted by Crippen LogP contribution is -2.28. The van der Waals surface area contributed by atoms with Gasteiger partial charge in [0.15, 0.2) is 17.3 Å². The minimum absolute atomic E-state index is 0.000213. The van der Waals surface area contributed by atoms with Crippen LogP contribution >= 0.6 is 0 Å². The number of fused-ring (bicyclic) bond motifs is 1. The SMILES string of the molecule is O=C(C(=Cc1ccc2c(c1)OCO2)C(=O)C(F)(F)F)c1ccccc1. The molecule has 128 valence electrons. The number of carbonyl (C=O) groups is 2. The molecule has 2 aromatic carbocycles. The fraction of sp³-hybridized carbons (Fsp3) is 0.111. The van der Waals surface area contributed by atoms with Crippen molar-refractivity contribution in [2.24, 2.45) is 0 Å². The molecule has 0 unspecified atom stereocenters. The summed E-state index contributed by atoms with van der Waals surface area (Å²) in [6.07, 6.45) is -4.25. The summed E-state index contributed by atoms with van der Waals surface area (Å²) in [5, 5.41) is 0. The fourth-order valence-corrected chi connectivity index (χ4v) is 2.30. The van der Waals surface area contributed by atoms with Gasteiger partial charge in [0.2, 0.25) is 6.79 Å². The van der Waals surface area contributed by atoms with Crippen molar-refractivity contribution in [3.63, 3.8) is 0 Å². The first-order valence-electron chi connectivity index (χ1n) is 7.19. The largest absolute Gasteiger partial charge is 0.455 e. The molecule has 0 aromatic heterocycles. The molecule has 0 saturated heterocycles. The zero-order valence-electron chi connectivity index (χ0n) is 12.7.